The first-order valence-corrected chi connectivity index (χ1v) is 10.1. The van der Waals surface area contributed by atoms with Gasteiger partial charge in [0.2, 0.25) is 11.8 Å². The van der Waals surface area contributed by atoms with Crippen LogP contribution in [0.15, 0.2) is 53.0 Å². The number of hydrogen-bond acceptors (Lipinski definition) is 4. The fourth-order valence-corrected chi connectivity index (χ4v) is 4.54. The molecule has 4 rings (SSSR count). The zero-order valence-electron chi connectivity index (χ0n) is 15.9. The minimum Gasteiger partial charge on any atom is -0.326 e. The standard InChI is InChI=1S/C21H23BrN4O2/c1-13-10-14(22)8-9-18(13)23-20(27)16-11-25(2)12-17-19(16)24-26(21(17)28)15-6-4-3-5-7-15/h3-10,16-17,19,24H,11-12H2,1-2H3,(H,23,27). The molecule has 2 aromatic rings. The number of anilines is 2. The predicted octanol–water partition coefficient (Wildman–Crippen LogP) is 2.79. The molecule has 2 saturated heterocycles. The van der Waals surface area contributed by atoms with Crippen molar-refractivity contribution in [1.82, 2.24) is 10.3 Å². The Kier molecular flexibility index (Phi) is 5.23. The van der Waals surface area contributed by atoms with E-state index < -0.39 is 0 Å². The summed E-state index contributed by atoms with van der Waals surface area (Å²) in [6.45, 7) is 3.21. The fourth-order valence-electron chi connectivity index (χ4n) is 4.06. The van der Waals surface area contributed by atoms with Gasteiger partial charge in [0.15, 0.2) is 0 Å². The van der Waals surface area contributed by atoms with Crippen molar-refractivity contribution < 1.29 is 9.59 Å². The van der Waals surface area contributed by atoms with E-state index in [9.17, 15) is 9.59 Å². The van der Waals surface area contributed by atoms with Crippen molar-refractivity contribution in [1.29, 1.82) is 0 Å². The second kappa shape index (κ2) is 7.66. The van der Waals surface area contributed by atoms with Crippen LogP contribution in [-0.4, -0.2) is 42.9 Å². The van der Waals surface area contributed by atoms with Gasteiger partial charge in [-0.3, -0.25) is 9.59 Å². The average Bonchev–Trinajstić information content (AvgIpc) is 3.00. The number of hydrogen-bond donors (Lipinski definition) is 2. The van der Waals surface area contributed by atoms with Gasteiger partial charge in [0, 0.05) is 23.2 Å². The van der Waals surface area contributed by atoms with E-state index >= 15 is 0 Å². The summed E-state index contributed by atoms with van der Waals surface area (Å²) in [5, 5.41) is 4.65. The van der Waals surface area contributed by atoms with E-state index in [-0.39, 0.29) is 29.7 Å². The van der Waals surface area contributed by atoms with E-state index in [1.54, 1.807) is 5.01 Å². The highest BCUT2D eigenvalue weighted by molar-refractivity contribution is 9.10. The maximum Gasteiger partial charge on any atom is 0.247 e. The maximum absolute atomic E-state index is 13.1. The Morgan fingerprint density at radius 3 is 2.64 bits per heavy atom. The first-order chi connectivity index (χ1) is 13.4. The van der Waals surface area contributed by atoms with E-state index in [0.29, 0.717) is 13.1 Å². The Bertz CT molecular complexity index is 905. The summed E-state index contributed by atoms with van der Waals surface area (Å²) in [4.78, 5) is 28.2. The molecule has 2 aliphatic heterocycles. The molecule has 2 amide bonds. The van der Waals surface area contributed by atoms with Gasteiger partial charge in [-0.15, -0.1) is 0 Å². The molecule has 7 heteroatoms. The maximum atomic E-state index is 13.1. The van der Waals surface area contributed by atoms with Crippen LogP contribution < -0.4 is 15.8 Å². The smallest absolute Gasteiger partial charge is 0.247 e. The van der Waals surface area contributed by atoms with Crippen molar-refractivity contribution in [2.24, 2.45) is 11.8 Å². The molecule has 0 aliphatic carbocycles. The SMILES string of the molecule is Cc1cc(Br)ccc1NC(=O)C1CN(C)CC2C(=O)N(c3ccccc3)NC12. The lowest BCUT2D eigenvalue weighted by atomic mass is 9.84. The number of nitrogens with one attached hydrogen (secondary N) is 2. The Morgan fingerprint density at radius 2 is 1.93 bits per heavy atom. The average molecular weight is 443 g/mol. The molecule has 0 spiro atoms. The molecule has 146 valence electrons. The monoisotopic (exact) mass is 442 g/mol. The second-order valence-corrected chi connectivity index (χ2v) is 8.46. The molecule has 2 aromatic carbocycles. The lowest BCUT2D eigenvalue weighted by Gasteiger charge is -2.36. The van der Waals surface area contributed by atoms with E-state index in [1.165, 1.54) is 0 Å². The molecule has 0 saturated carbocycles. The number of para-hydroxylation sites is 1. The van der Waals surface area contributed by atoms with Crippen LogP contribution in [0, 0.1) is 18.8 Å². The number of nitrogens with zero attached hydrogens (tertiary/aromatic N) is 2. The number of piperidine rings is 1. The zero-order chi connectivity index (χ0) is 19.8. The van der Waals surface area contributed by atoms with Crippen LogP contribution in [0.2, 0.25) is 0 Å². The number of carbonyl (C=O) groups is 2. The number of rotatable bonds is 3. The molecule has 2 heterocycles. The third kappa shape index (κ3) is 3.57. The fraction of sp³-hybridized carbons (Fsp3) is 0.333. The number of halogens is 1. The van der Waals surface area contributed by atoms with Crippen LogP contribution >= 0.6 is 15.9 Å². The quantitative estimate of drug-likeness (QED) is 0.766. The van der Waals surface area contributed by atoms with E-state index in [2.05, 4.69) is 31.6 Å². The highest BCUT2D eigenvalue weighted by Crippen LogP contribution is 2.32. The van der Waals surface area contributed by atoms with Gasteiger partial charge in [0.25, 0.3) is 0 Å². The molecule has 0 radical (unpaired) electrons. The number of amides is 2. The highest BCUT2D eigenvalue weighted by atomic mass is 79.9. The van der Waals surface area contributed by atoms with Crippen molar-refractivity contribution in [3.63, 3.8) is 0 Å². The van der Waals surface area contributed by atoms with Crippen molar-refractivity contribution in [2.45, 2.75) is 13.0 Å². The first-order valence-electron chi connectivity index (χ1n) is 9.35. The summed E-state index contributed by atoms with van der Waals surface area (Å²) in [5.41, 5.74) is 5.89. The number of aryl methyl sites for hydroxylation is 1. The van der Waals surface area contributed by atoms with Gasteiger partial charge < -0.3 is 10.2 Å². The summed E-state index contributed by atoms with van der Waals surface area (Å²) in [5.74, 6) is -0.632. The summed E-state index contributed by atoms with van der Waals surface area (Å²) in [7, 11) is 1.96. The van der Waals surface area contributed by atoms with Crippen molar-refractivity contribution in [3.8, 4) is 0 Å². The van der Waals surface area contributed by atoms with Gasteiger partial charge in [-0.25, -0.2) is 10.4 Å². The molecular weight excluding hydrogens is 420 g/mol. The number of benzene rings is 2. The van der Waals surface area contributed by atoms with Crippen LogP contribution in [0.4, 0.5) is 11.4 Å². The minimum atomic E-state index is -0.329. The van der Waals surface area contributed by atoms with E-state index in [1.807, 2.05) is 62.5 Å². The largest absolute Gasteiger partial charge is 0.326 e. The first kappa shape index (κ1) is 19.1. The summed E-state index contributed by atoms with van der Waals surface area (Å²) < 4.78 is 0.974. The van der Waals surface area contributed by atoms with Crippen LogP contribution in [0.5, 0.6) is 0 Å². The predicted molar refractivity (Wildman–Crippen MR) is 113 cm³/mol. The topological polar surface area (TPSA) is 64.7 Å². The number of fused-ring (bicyclic) bond motifs is 1. The van der Waals surface area contributed by atoms with Gasteiger partial charge in [-0.1, -0.05) is 34.1 Å². The Morgan fingerprint density at radius 1 is 1.18 bits per heavy atom. The van der Waals surface area contributed by atoms with Crippen LogP contribution in [0.1, 0.15) is 5.56 Å². The molecule has 2 fully saturated rings. The van der Waals surface area contributed by atoms with Gasteiger partial charge >= 0.3 is 0 Å². The van der Waals surface area contributed by atoms with Crippen LogP contribution in [0.3, 0.4) is 0 Å². The van der Waals surface area contributed by atoms with Crippen LogP contribution in [-0.2, 0) is 9.59 Å². The summed E-state index contributed by atoms with van der Waals surface area (Å²) in [6.07, 6.45) is 0. The van der Waals surface area contributed by atoms with Gasteiger partial charge in [0.1, 0.15) is 0 Å². The van der Waals surface area contributed by atoms with Crippen molar-refractivity contribution in [2.75, 3.05) is 30.5 Å². The molecular formula is C21H23BrN4O2. The lowest BCUT2D eigenvalue weighted by Crippen LogP contribution is -2.55. The van der Waals surface area contributed by atoms with Gasteiger partial charge in [-0.2, -0.15) is 0 Å². The number of likely N-dealkylation sites (tertiary alicyclic amines) is 1. The Hall–Kier alpha value is -2.22. The van der Waals surface area contributed by atoms with Gasteiger partial charge in [0.05, 0.1) is 23.6 Å². The van der Waals surface area contributed by atoms with Crippen molar-refractivity contribution in [3.05, 3.63) is 58.6 Å². The molecule has 0 aromatic heterocycles. The molecule has 28 heavy (non-hydrogen) atoms. The molecule has 6 nitrogen and oxygen atoms in total. The minimum absolute atomic E-state index is 0.0142. The highest BCUT2D eigenvalue weighted by Gasteiger charge is 2.50. The third-order valence-corrected chi connectivity index (χ3v) is 5.99. The van der Waals surface area contributed by atoms with Crippen molar-refractivity contribution >= 4 is 39.1 Å². The molecule has 3 unspecified atom stereocenters. The molecule has 3 atom stereocenters. The third-order valence-electron chi connectivity index (χ3n) is 5.50. The summed E-state index contributed by atoms with van der Waals surface area (Å²) >= 11 is 3.45. The summed E-state index contributed by atoms with van der Waals surface area (Å²) in [6, 6.07) is 15.1. The Labute approximate surface area is 173 Å². The normalized spacial score (nSPS) is 24.9. The molecule has 0 bridgehead atoms. The number of carbonyl (C=O) groups excluding carboxylic acids is 2. The number of hydrazine groups is 1. The van der Waals surface area contributed by atoms with E-state index in [4.69, 9.17) is 0 Å². The van der Waals surface area contributed by atoms with Crippen LogP contribution in [0.25, 0.3) is 0 Å². The second-order valence-electron chi connectivity index (χ2n) is 7.55. The molecule has 2 N–H and O–H groups in total. The lowest BCUT2D eigenvalue weighted by molar-refractivity contribution is -0.125. The zero-order valence-corrected chi connectivity index (χ0v) is 17.4. The Balaban J connectivity index is 1.57. The van der Waals surface area contributed by atoms with E-state index in [0.717, 1.165) is 21.4 Å². The van der Waals surface area contributed by atoms with Gasteiger partial charge in [-0.05, 0) is 49.9 Å². The molecule has 2 aliphatic rings.